The summed E-state index contributed by atoms with van der Waals surface area (Å²) in [6.07, 6.45) is 0. The SMILES string of the molecule is COCCN(CCOC)S(=O)(=O)c1ccccc1C(=O)O. The molecule has 0 bridgehead atoms. The molecule has 118 valence electrons. The van der Waals surface area contributed by atoms with E-state index in [1.165, 1.54) is 38.5 Å². The first-order valence-corrected chi connectivity index (χ1v) is 7.69. The lowest BCUT2D eigenvalue weighted by atomic mass is 10.2. The molecule has 21 heavy (non-hydrogen) atoms. The Balaban J connectivity index is 3.18. The average Bonchev–Trinajstić information content (AvgIpc) is 2.47. The third-order valence-electron chi connectivity index (χ3n) is 2.82. The number of aromatic carboxylic acids is 1. The molecule has 0 spiro atoms. The summed E-state index contributed by atoms with van der Waals surface area (Å²) in [5, 5.41) is 9.13. The second kappa shape index (κ2) is 8.08. The van der Waals surface area contributed by atoms with Crippen LogP contribution in [0, 0.1) is 0 Å². The van der Waals surface area contributed by atoms with Crippen LogP contribution in [0.1, 0.15) is 10.4 Å². The number of benzene rings is 1. The van der Waals surface area contributed by atoms with E-state index < -0.39 is 16.0 Å². The van der Waals surface area contributed by atoms with Crippen LogP contribution < -0.4 is 0 Å². The fraction of sp³-hybridized carbons (Fsp3) is 0.462. The summed E-state index contributed by atoms with van der Waals surface area (Å²) in [6.45, 7) is 0.655. The molecule has 0 saturated heterocycles. The topological polar surface area (TPSA) is 93.1 Å². The van der Waals surface area contributed by atoms with Crippen molar-refractivity contribution in [2.45, 2.75) is 4.90 Å². The van der Waals surface area contributed by atoms with Gasteiger partial charge in [0.1, 0.15) is 0 Å². The van der Waals surface area contributed by atoms with Crippen molar-refractivity contribution in [2.24, 2.45) is 0 Å². The van der Waals surface area contributed by atoms with Gasteiger partial charge in [0.2, 0.25) is 10.0 Å². The van der Waals surface area contributed by atoms with Crippen molar-refractivity contribution in [2.75, 3.05) is 40.5 Å². The van der Waals surface area contributed by atoms with Gasteiger partial charge in [-0.15, -0.1) is 0 Å². The molecule has 1 N–H and O–H groups in total. The van der Waals surface area contributed by atoms with Crippen LogP contribution in [-0.4, -0.2) is 64.3 Å². The van der Waals surface area contributed by atoms with Crippen molar-refractivity contribution in [3.63, 3.8) is 0 Å². The standard InChI is InChI=1S/C13H19NO6S/c1-19-9-7-14(8-10-20-2)21(17,18)12-6-4-3-5-11(12)13(15)16/h3-6H,7-10H2,1-2H3,(H,15,16). The molecule has 8 heteroatoms. The van der Waals surface area contributed by atoms with E-state index in [0.29, 0.717) is 0 Å². The number of hydrogen-bond donors (Lipinski definition) is 1. The maximum atomic E-state index is 12.6. The van der Waals surface area contributed by atoms with E-state index in [9.17, 15) is 13.2 Å². The molecule has 1 aromatic carbocycles. The van der Waals surface area contributed by atoms with Crippen LogP contribution in [0.25, 0.3) is 0 Å². The van der Waals surface area contributed by atoms with Gasteiger partial charge in [0.25, 0.3) is 0 Å². The highest BCUT2D eigenvalue weighted by Crippen LogP contribution is 2.20. The van der Waals surface area contributed by atoms with Crippen molar-refractivity contribution >= 4 is 16.0 Å². The smallest absolute Gasteiger partial charge is 0.337 e. The first-order chi connectivity index (χ1) is 9.95. The molecule has 0 aliphatic heterocycles. The Morgan fingerprint density at radius 2 is 1.67 bits per heavy atom. The van der Waals surface area contributed by atoms with Gasteiger partial charge in [-0.25, -0.2) is 13.2 Å². The molecule has 1 aromatic rings. The summed E-state index contributed by atoms with van der Waals surface area (Å²) >= 11 is 0. The predicted molar refractivity (Wildman–Crippen MR) is 75.9 cm³/mol. The van der Waals surface area contributed by atoms with Crippen molar-refractivity contribution in [3.05, 3.63) is 29.8 Å². The molecule has 0 unspecified atom stereocenters. The van der Waals surface area contributed by atoms with Gasteiger partial charge in [0.15, 0.2) is 0 Å². The summed E-state index contributed by atoms with van der Waals surface area (Å²) in [5.74, 6) is -1.28. The van der Waals surface area contributed by atoms with Crippen LogP contribution in [0.2, 0.25) is 0 Å². The quantitative estimate of drug-likeness (QED) is 0.719. The first-order valence-electron chi connectivity index (χ1n) is 6.25. The minimum Gasteiger partial charge on any atom is -0.478 e. The Kier molecular flexibility index (Phi) is 6.76. The van der Waals surface area contributed by atoms with Crippen LogP contribution in [0.4, 0.5) is 0 Å². The number of carboxylic acid groups (broad SMARTS) is 1. The lowest BCUT2D eigenvalue weighted by Gasteiger charge is -2.22. The Morgan fingerprint density at radius 3 is 2.14 bits per heavy atom. The minimum absolute atomic E-state index is 0.121. The third-order valence-corrected chi connectivity index (χ3v) is 4.78. The monoisotopic (exact) mass is 317 g/mol. The number of rotatable bonds is 9. The number of ether oxygens (including phenoxy) is 2. The van der Waals surface area contributed by atoms with Crippen LogP contribution in [-0.2, 0) is 19.5 Å². The van der Waals surface area contributed by atoms with E-state index >= 15 is 0 Å². The van der Waals surface area contributed by atoms with Crippen LogP contribution >= 0.6 is 0 Å². The summed E-state index contributed by atoms with van der Waals surface area (Å²) < 4.78 is 36.2. The van der Waals surface area contributed by atoms with Gasteiger partial charge in [0.05, 0.1) is 23.7 Å². The lowest BCUT2D eigenvalue weighted by molar-refractivity contribution is 0.0692. The molecule has 0 radical (unpaired) electrons. The van der Waals surface area contributed by atoms with Crippen LogP contribution in [0.3, 0.4) is 0 Å². The summed E-state index contributed by atoms with van der Waals surface area (Å²) in [5.41, 5.74) is -0.252. The maximum absolute atomic E-state index is 12.6. The van der Waals surface area contributed by atoms with E-state index in [2.05, 4.69) is 0 Å². The number of carbonyl (C=O) groups is 1. The minimum atomic E-state index is -3.93. The van der Waals surface area contributed by atoms with Gasteiger partial charge in [-0.2, -0.15) is 4.31 Å². The normalized spacial score (nSPS) is 11.8. The molecule has 7 nitrogen and oxygen atoms in total. The number of methoxy groups -OCH3 is 2. The highest BCUT2D eigenvalue weighted by molar-refractivity contribution is 7.89. The lowest BCUT2D eigenvalue weighted by Crippen LogP contribution is -2.37. The molecule has 0 heterocycles. The number of sulfonamides is 1. The summed E-state index contributed by atoms with van der Waals surface area (Å²) in [4.78, 5) is 11.0. The van der Waals surface area contributed by atoms with Gasteiger partial charge in [-0.1, -0.05) is 12.1 Å². The molecule has 0 amide bonds. The molecule has 1 rings (SSSR count). The highest BCUT2D eigenvalue weighted by Gasteiger charge is 2.28. The first kappa shape index (κ1) is 17.6. The molecule has 0 aromatic heterocycles. The van der Waals surface area contributed by atoms with Gasteiger partial charge in [0, 0.05) is 27.3 Å². The van der Waals surface area contributed by atoms with E-state index in [0.717, 1.165) is 4.31 Å². The second-order valence-electron chi connectivity index (χ2n) is 4.19. The van der Waals surface area contributed by atoms with Gasteiger partial charge < -0.3 is 14.6 Å². The molecular formula is C13H19NO6S. The molecule has 0 fully saturated rings. The molecule has 0 aliphatic carbocycles. The zero-order valence-corrected chi connectivity index (χ0v) is 12.8. The average molecular weight is 317 g/mol. The van der Waals surface area contributed by atoms with E-state index in [1.807, 2.05) is 0 Å². The zero-order valence-electron chi connectivity index (χ0n) is 12.0. The van der Waals surface area contributed by atoms with Crippen molar-refractivity contribution in [1.29, 1.82) is 0 Å². The molecule has 0 atom stereocenters. The van der Waals surface area contributed by atoms with Crippen LogP contribution in [0.15, 0.2) is 29.2 Å². The molecule has 0 saturated carbocycles. The van der Waals surface area contributed by atoms with E-state index in [4.69, 9.17) is 14.6 Å². The van der Waals surface area contributed by atoms with E-state index in [1.54, 1.807) is 0 Å². The molecular weight excluding hydrogens is 298 g/mol. The third kappa shape index (κ3) is 4.50. The van der Waals surface area contributed by atoms with Crippen molar-refractivity contribution in [1.82, 2.24) is 4.31 Å². The van der Waals surface area contributed by atoms with Gasteiger partial charge >= 0.3 is 5.97 Å². The molecule has 0 aliphatic rings. The zero-order chi connectivity index (χ0) is 15.9. The fourth-order valence-electron chi connectivity index (χ4n) is 1.75. The van der Waals surface area contributed by atoms with E-state index in [-0.39, 0.29) is 36.8 Å². The highest BCUT2D eigenvalue weighted by atomic mass is 32.2. The van der Waals surface area contributed by atoms with Crippen molar-refractivity contribution in [3.8, 4) is 0 Å². The van der Waals surface area contributed by atoms with Crippen molar-refractivity contribution < 1.29 is 27.8 Å². The van der Waals surface area contributed by atoms with Crippen LogP contribution in [0.5, 0.6) is 0 Å². The predicted octanol–water partition coefficient (Wildman–Crippen LogP) is 0.668. The Bertz CT molecular complexity index is 564. The maximum Gasteiger partial charge on any atom is 0.337 e. The number of carboxylic acids is 1. The van der Waals surface area contributed by atoms with Gasteiger partial charge in [-0.3, -0.25) is 0 Å². The Labute approximate surface area is 124 Å². The number of nitrogens with zero attached hydrogens (tertiary/aromatic N) is 1. The Morgan fingerprint density at radius 1 is 1.14 bits per heavy atom. The largest absolute Gasteiger partial charge is 0.478 e. The summed E-state index contributed by atoms with van der Waals surface area (Å²) in [7, 11) is -1.000. The number of hydrogen-bond acceptors (Lipinski definition) is 5. The Hall–Kier alpha value is -1.48. The van der Waals surface area contributed by atoms with Gasteiger partial charge in [-0.05, 0) is 12.1 Å². The second-order valence-corrected chi connectivity index (χ2v) is 6.10. The summed E-state index contributed by atoms with van der Waals surface area (Å²) in [6, 6.07) is 5.52. The fourth-order valence-corrected chi connectivity index (χ4v) is 3.34.